The van der Waals surface area contributed by atoms with Crippen LogP contribution in [-0.4, -0.2) is 40.1 Å². The number of nitro groups is 1. The molecule has 1 aromatic carbocycles. The Morgan fingerprint density at radius 2 is 2.00 bits per heavy atom. The van der Waals surface area contributed by atoms with Crippen molar-refractivity contribution in [2.45, 2.75) is 51.9 Å². The molecule has 1 aromatic rings. The first-order chi connectivity index (χ1) is 11.7. The lowest BCUT2D eigenvalue weighted by Gasteiger charge is -2.27. The summed E-state index contributed by atoms with van der Waals surface area (Å²) < 4.78 is 10.5. The van der Waals surface area contributed by atoms with Gasteiger partial charge >= 0.3 is 12.1 Å². The number of para-hydroxylation sites is 1. The predicted molar refractivity (Wildman–Crippen MR) is 88.9 cm³/mol. The van der Waals surface area contributed by atoms with Crippen molar-refractivity contribution in [2.24, 2.45) is 0 Å². The number of nitrogens with zero attached hydrogens (tertiary/aromatic N) is 2. The minimum Gasteiger partial charge on any atom is -0.459 e. The fraction of sp³-hybridized carbons (Fsp3) is 0.529. The third kappa shape index (κ3) is 4.91. The van der Waals surface area contributed by atoms with E-state index < -0.39 is 28.6 Å². The van der Waals surface area contributed by atoms with E-state index >= 15 is 0 Å². The van der Waals surface area contributed by atoms with Crippen LogP contribution >= 0.6 is 0 Å². The van der Waals surface area contributed by atoms with Gasteiger partial charge in [-0.2, -0.15) is 0 Å². The van der Waals surface area contributed by atoms with Gasteiger partial charge in [-0.15, -0.1) is 0 Å². The zero-order valence-corrected chi connectivity index (χ0v) is 14.6. The summed E-state index contributed by atoms with van der Waals surface area (Å²) in [5.41, 5.74) is -0.452. The second-order valence-corrected chi connectivity index (χ2v) is 6.83. The van der Waals surface area contributed by atoms with E-state index in [9.17, 15) is 19.7 Å². The Bertz CT molecular complexity index is 667. The summed E-state index contributed by atoms with van der Waals surface area (Å²) in [6.07, 6.45) is 0.594. The zero-order valence-electron chi connectivity index (χ0n) is 14.6. The molecule has 1 aliphatic heterocycles. The SMILES string of the molecule is CC(C)(C)OC(=O)N1CCCC1C(=O)OCc1ccccc1[N+](=O)[O-]. The zero-order chi connectivity index (χ0) is 18.6. The molecule has 0 bridgehead atoms. The van der Waals surface area contributed by atoms with E-state index in [1.54, 1.807) is 32.9 Å². The van der Waals surface area contributed by atoms with Gasteiger partial charge in [0.15, 0.2) is 0 Å². The fourth-order valence-corrected chi connectivity index (χ4v) is 2.61. The second-order valence-electron chi connectivity index (χ2n) is 6.83. The van der Waals surface area contributed by atoms with Crippen molar-refractivity contribution < 1.29 is 24.0 Å². The highest BCUT2D eigenvalue weighted by Gasteiger charge is 2.37. The fourth-order valence-electron chi connectivity index (χ4n) is 2.61. The van der Waals surface area contributed by atoms with Crippen LogP contribution in [0.5, 0.6) is 0 Å². The molecule has 0 saturated carbocycles. The molecule has 0 N–H and O–H groups in total. The van der Waals surface area contributed by atoms with Crippen LogP contribution in [0, 0.1) is 10.1 Å². The first-order valence-corrected chi connectivity index (χ1v) is 8.07. The molecule has 1 unspecified atom stereocenters. The summed E-state index contributed by atoms with van der Waals surface area (Å²) in [5.74, 6) is -0.582. The number of hydrogen-bond donors (Lipinski definition) is 0. The first-order valence-electron chi connectivity index (χ1n) is 8.07. The van der Waals surface area contributed by atoms with Gasteiger partial charge in [0, 0.05) is 12.6 Å². The number of ether oxygens (including phenoxy) is 2. The number of rotatable bonds is 4. The summed E-state index contributed by atoms with van der Waals surface area (Å²) in [4.78, 5) is 36.4. The van der Waals surface area contributed by atoms with Crippen LogP contribution in [0.15, 0.2) is 24.3 Å². The summed E-state index contributed by atoms with van der Waals surface area (Å²) in [6.45, 7) is 5.46. The topological polar surface area (TPSA) is 99.0 Å². The largest absolute Gasteiger partial charge is 0.459 e. The molecule has 1 fully saturated rings. The maximum atomic E-state index is 12.3. The van der Waals surface area contributed by atoms with Crippen LogP contribution in [0.2, 0.25) is 0 Å². The van der Waals surface area contributed by atoms with Crippen LogP contribution in [0.3, 0.4) is 0 Å². The molecule has 136 valence electrons. The van der Waals surface area contributed by atoms with E-state index in [1.807, 2.05) is 0 Å². The molecule has 1 saturated heterocycles. The molecule has 0 radical (unpaired) electrons. The third-order valence-corrected chi connectivity index (χ3v) is 3.71. The van der Waals surface area contributed by atoms with E-state index in [4.69, 9.17) is 9.47 Å². The lowest BCUT2D eigenvalue weighted by Crippen LogP contribution is -2.44. The Hall–Kier alpha value is -2.64. The van der Waals surface area contributed by atoms with Crippen molar-refractivity contribution in [3.8, 4) is 0 Å². The molecular formula is C17H22N2O6. The summed E-state index contributed by atoms with van der Waals surface area (Å²) in [6, 6.07) is 5.35. The molecule has 2 rings (SSSR count). The first kappa shape index (κ1) is 18.7. The van der Waals surface area contributed by atoms with Crippen LogP contribution in [-0.2, 0) is 20.9 Å². The van der Waals surface area contributed by atoms with Gasteiger partial charge in [-0.1, -0.05) is 12.1 Å². The number of carbonyl (C=O) groups excluding carboxylic acids is 2. The summed E-state index contributed by atoms with van der Waals surface area (Å²) >= 11 is 0. The molecule has 25 heavy (non-hydrogen) atoms. The van der Waals surface area contributed by atoms with Crippen molar-refractivity contribution in [1.82, 2.24) is 4.90 Å². The summed E-state index contributed by atoms with van der Waals surface area (Å²) in [5, 5.41) is 11.0. The highest BCUT2D eigenvalue weighted by Crippen LogP contribution is 2.23. The van der Waals surface area contributed by atoms with Crippen molar-refractivity contribution in [2.75, 3.05) is 6.54 Å². The molecule has 1 aliphatic rings. The Balaban J connectivity index is 2.01. The molecule has 0 aromatic heterocycles. The Kier molecular flexibility index (Phi) is 5.61. The molecule has 8 nitrogen and oxygen atoms in total. The average Bonchev–Trinajstić information content (AvgIpc) is 3.01. The van der Waals surface area contributed by atoms with Gasteiger partial charge in [0.25, 0.3) is 5.69 Å². The van der Waals surface area contributed by atoms with E-state index in [2.05, 4.69) is 0 Å². The quantitative estimate of drug-likeness (QED) is 0.470. The number of carbonyl (C=O) groups is 2. The van der Waals surface area contributed by atoms with Crippen LogP contribution < -0.4 is 0 Å². The Labute approximate surface area is 145 Å². The van der Waals surface area contributed by atoms with E-state index in [-0.39, 0.29) is 12.3 Å². The lowest BCUT2D eigenvalue weighted by atomic mass is 10.2. The van der Waals surface area contributed by atoms with Gasteiger partial charge in [-0.3, -0.25) is 15.0 Å². The minimum absolute atomic E-state index is 0.106. The predicted octanol–water partition coefficient (Wildman–Crippen LogP) is 3.04. The van der Waals surface area contributed by atoms with Gasteiger partial charge in [0.05, 0.1) is 10.5 Å². The van der Waals surface area contributed by atoms with Gasteiger partial charge < -0.3 is 9.47 Å². The number of nitro benzene ring substituents is 1. The Morgan fingerprint density at radius 3 is 2.64 bits per heavy atom. The normalized spacial score (nSPS) is 17.2. The van der Waals surface area contributed by atoms with Crippen LogP contribution in [0.4, 0.5) is 10.5 Å². The molecule has 1 heterocycles. The van der Waals surface area contributed by atoms with Gasteiger partial charge in [-0.05, 0) is 39.7 Å². The molecule has 1 amide bonds. The van der Waals surface area contributed by atoms with E-state index in [1.165, 1.54) is 17.0 Å². The summed E-state index contributed by atoms with van der Waals surface area (Å²) in [7, 11) is 0. The van der Waals surface area contributed by atoms with Crippen molar-refractivity contribution in [1.29, 1.82) is 0 Å². The highest BCUT2D eigenvalue weighted by molar-refractivity contribution is 5.82. The highest BCUT2D eigenvalue weighted by atomic mass is 16.6. The number of likely N-dealkylation sites (tertiary alicyclic amines) is 1. The lowest BCUT2D eigenvalue weighted by molar-refractivity contribution is -0.385. The molecule has 1 atom stereocenters. The third-order valence-electron chi connectivity index (χ3n) is 3.71. The number of esters is 1. The number of benzene rings is 1. The Morgan fingerprint density at radius 1 is 1.32 bits per heavy atom. The number of hydrogen-bond acceptors (Lipinski definition) is 6. The van der Waals surface area contributed by atoms with Crippen molar-refractivity contribution >= 4 is 17.7 Å². The second kappa shape index (κ2) is 7.50. The van der Waals surface area contributed by atoms with Gasteiger partial charge in [-0.25, -0.2) is 9.59 Å². The number of amides is 1. The standard InChI is InChI=1S/C17H22N2O6/c1-17(2,3)25-16(21)18-10-6-9-14(18)15(20)24-11-12-7-4-5-8-13(12)19(22)23/h4-5,7-8,14H,6,9-11H2,1-3H3. The minimum atomic E-state index is -0.724. The van der Waals surface area contributed by atoms with Crippen molar-refractivity contribution in [3.05, 3.63) is 39.9 Å². The van der Waals surface area contributed by atoms with Crippen molar-refractivity contribution in [3.63, 3.8) is 0 Å². The van der Waals surface area contributed by atoms with Crippen LogP contribution in [0.1, 0.15) is 39.2 Å². The molecule has 0 spiro atoms. The maximum Gasteiger partial charge on any atom is 0.411 e. The molecule has 0 aliphatic carbocycles. The average molecular weight is 350 g/mol. The van der Waals surface area contributed by atoms with E-state index in [0.717, 1.165) is 0 Å². The smallest absolute Gasteiger partial charge is 0.411 e. The van der Waals surface area contributed by atoms with Crippen LogP contribution in [0.25, 0.3) is 0 Å². The maximum absolute atomic E-state index is 12.3. The molecular weight excluding hydrogens is 328 g/mol. The van der Waals surface area contributed by atoms with E-state index in [0.29, 0.717) is 24.9 Å². The van der Waals surface area contributed by atoms with Gasteiger partial charge in [0.2, 0.25) is 0 Å². The monoisotopic (exact) mass is 350 g/mol. The molecule has 8 heteroatoms. The van der Waals surface area contributed by atoms with Gasteiger partial charge in [0.1, 0.15) is 18.2 Å².